The second-order valence-electron chi connectivity index (χ2n) is 8.09. The zero-order chi connectivity index (χ0) is 27.4. The van der Waals surface area contributed by atoms with E-state index in [1.165, 1.54) is 17.4 Å². The number of rotatable bonds is 4. The van der Waals surface area contributed by atoms with Crippen molar-refractivity contribution in [1.82, 2.24) is 14.1 Å². The predicted molar refractivity (Wildman–Crippen MR) is 143 cm³/mol. The number of nitrogens with zero attached hydrogens (tertiary/aromatic N) is 4. The first kappa shape index (κ1) is 33.4. The van der Waals surface area contributed by atoms with Crippen LogP contribution in [0.4, 0.5) is 9.59 Å². The summed E-state index contributed by atoms with van der Waals surface area (Å²) in [5.74, 6) is 0. The van der Waals surface area contributed by atoms with Crippen molar-refractivity contribution in [3.8, 4) is 0 Å². The molecule has 0 spiro atoms. The molecule has 0 saturated carbocycles. The molecule has 2 aromatic carbocycles. The second-order valence-corrected chi connectivity index (χ2v) is 8.39. The fourth-order valence-electron chi connectivity index (χ4n) is 2.90. The molecule has 1 aliphatic rings. The van der Waals surface area contributed by atoms with E-state index >= 15 is 0 Å². The highest BCUT2D eigenvalue weighted by Gasteiger charge is 2.12. The summed E-state index contributed by atoms with van der Waals surface area (Å²) in [6.07, 6.45) is 12.7. The summed E-state index contributed by atoms with van der Waals surface area (Å²) in [5.41, 5.74) is 1.14. The first-order valence-electron chi connectivity index (χ1n) is 12.0. The standard InChI is InChI=1S/C12H13N2O2.C8H7ClO2.C4H6N2.C4H8O.ClH/c1-13-7-8-14(10-13)12(15)16-9-11-5-3-2-4-6-11;9-8(10)11-6-7-4-2-1-3-5-7;1-6-3-2-5-4-6;1-2-4-5-3-1;/h2-8,10H,9H2,1H3;1-5H,6H2;2-4H,1H3;1-4H2;1H/q+1;;;;/p-1. The topological polar surface area (TPSA) is 88.5 Å². The summed E-state index contributed by atoms with van der Waals surface area (Å²) >= 11 is 4.97. The number of benzene rings is 2. The van der Waals surface area contributed by atoms with Crippen LogP contribution >= 0.6 is 11.6 Å². The number of aryl methyl sites for hydroxylation is 2. The van der Waals surface area contributed by atoms with Crippen LogP contribution in [0.25, 0.3) is 0 Å². The molecule has 0 amide bonds. The first-order chi connectivity index (χ1) is 18.4. The molecule has 4 aromatic rings. The molecule has 11 heteroatoms. The molecule has 0 atom stereocenters. The fourth-order valence-corrected chi connectivity index (χ4v) is 2.96. The van der Waals surface area contributed by atoms with Gasteiger partial charge in [-0.05, 0) is 24.0 Å². The molecule has 210 valence electrons. The minimum Gasteiger partial charge on any atom is -1.00 e. The minimum absolute atomic E-state index is 0. The number of hydrogen-bond acceptors (Lipinski definition) is 6. The molecule has 39 heavy (non-hydrogen) atoms. The molecule has 0 aliphatic carbocycles. The van der Waals surface area contributed by atoms with Gasteiger partial charge in [0.15, 0.2) is 0 Å². The molecule has 1 aliphatic heterocycles. The summed E-state index contributed by atoms with van der Waals surface area (Å²) in [4.78, 5) is 25.5. The van der Waals surface area contributed by atoms with E-state index in [4.69, 9.17) is 21.1 Å². The third-order valence-corrected chi connectivity index (χ3v) is 4.95. The maximum absolute atomic E-state index is 11.6. The van der Waals surface area contributed by atoms with E-state index in [2.05, 4.69) is 9.72 Å². The number of imidazole rings is 2. The lowest BCUT2D eigenvalue weighted by Crippen LogP contribution is -3.00. The van der Waals surface area contributed by atoms with Crippen LogP contribution < -0.4 is 17.0 Å². The van der Waals surface area contributed by atoms with Crippen LogP contribution in [0.3, 0.4) is 0 Å². The lowest BCUT2D eigenvalue weighted by Gasteiger charge is -2.00. The molecule has 0 N–H and O–H groups in total. The third kappa shape index (κ3) is 16.0. The van der Waals surface area contributed by atoms with E-state index < -0.39 is 5.43 Å². The number of ether oxygens (including phenoxy) is 3. The van der Waals surface area contributed by atoms with Gasteiger partial charge in [-0.3, -0.25) is 0 Å². The summed E-state index contributed by atoms with van der Waals surface area (Å²) in [6.45, 7) is 2.53. The van der Waals surface area contributed by atoms with E-state index in [1.54, 1.807) is 35.8 Å². The van der Waals surface area contributed by atoms with Gasteiger partial charge in [0.1, 0.15) is 25.6 Å². The van der Waals surface area contributed by atoms with Crippen molar-refractivity contribution in [3.05, 3.63) is 109 Å². The Morgan fingerprint density at radius 1 is 0.949 bits per heavy atom. The van der Waals surface area contributed by atoms with Crippen molar-refractivity contribution >= 4 is 23.1 Å². The van der Waals surface area contributed by atoms with E-state index in [0.29, 0.717) is 6.61 Å². The van der Waals surface area contributed by atoms with Crippen LogP contribution in [0, 0.1) is 0 Å². The lowest BCUT2D eigenvalue weighted by atomic mass is 10.2. The van der Waals surface area contributed by atoms with Gasteiger partial charge in [0.05, 0.1) is 13.4 Å². The molecule has 2 aromatic heterocycles. The van der Waals surface area contributed by atoms with Crippen molar-refractivity contribution in [1.29, 1.82) is 0 Å². The summed E-state index contributed by atoms with van der Waals surface area (Å²) in [6, 6.07) is 19.0. The number of aromatic nitrogens is 4. The molecule has 1 saturated heterocycles. The normalized spacial score (nSPS) is 11.2. The van der Waals surface area contributed by atoms with Gasteiger partial charge >= 0.3 is 11.5 Å². The molecule has 0 bridgehead atoms. The van der Waals surface area contributed by atoms with E-state index in [9.17, 15) is 9.59 Å². The Kier molecular flexibility index (Phi) is 17.4. The monoisotopic (exact) mass is 576 g/mol. The number of carbonyl (C=O) groups is 2. The van der Waals surface area contributed by atoms with Gasteiger partial charge in [0.25, 0.3) is 6.33 Å². The molecule has 5 rings (SSSR count). The predicted octanol–water partition coefficient (Wildman–Crippen LogP) is 2.28. The first-order valence-corrected chi connectivity index (χ1v) is 12.4. The summed E-state index contributed by atoms with van der Waals surface area (Å²) in [5, 5.41) is 0. The number of carbonyl (C=O) groups excluding carboxylic acids is 2. The average molecular weight is 578 g/mol. The third-order valence-electron chi connectivity index (χ3n) is 4.84. The van der Waals surface area contributed by atoms with Crippen molar-refractivity contribution < 1.29 is 40.8 Å². The van der Waals surface area contributed by atoms with Crippen molar-refractivity contribution in [2.75, 3.05) is 13.2 Å². The molecule has 1 fully saturated rings. The maximum Gasteiger partial charge on any atom is 0.511 e. The van der Waals surface area contributed by atoms with Crippen LogP contribution in [0.15, 0.2) is 98.1 Å². The fraction of sp³-hybridized carbons (Fsp3) is 0.286. The minimum atomic E-state index is -0.770. The van der Waals surface area contributed by atoms with Crippen molar-refractivity contribution in [2.24, 2.45) is 14.1 Å². The van der Waals surface area contributed by atoms with Crippen molar-refractivity contribution in [3.63, 3.8) is 0 Å². The SMILES string of the molecule is C1CCOC1.C[n+]1ccn(C(=O)OCc2ccccc2)c1.Cn1ccnc1.O=C(Cl)OCc1ccccc1.[Cl-]. The lowest BCUT2D eigenvalue weighted by molar-refractivity contribution is -0.670. The Morgan fingerprint density at radius 2 is 1.51 bits per heavy atom. The van der Waals surface area contributed by atoms with E-state index in [0.717, 1.165) is 24.3 Å². The highest BCUT2D eigenvalue weighted by atomic mass is 35.5. The largest absolute Gasteiger partial charge is 1.00 e. The van der Waals surface area contributed by atoms with Gasteiger partial charge in [-0.2, -0.15) is 4.79 Å². The number of hydrogen-bond donors (Lipinski definition) is 0. The van der Waals surface area contributed by atoms with Crippen LogP contribution in [-0.2, 0) is 41.5 Å². The summed E-state index contributed by atoms with van der Waals surface area (Å²) in [7, 11) is 3.79. The molecular weight excluding hydrogens is 543 g/mol. The van der Waals surface area contributed by atoms with Gasteiger partial charge in [-0.1, -0.05) is 60.7 Å². The second kappa shape index (κ2) is 20.3. The van der Waals surface area contributed by atoms with Gasteiger partial charge in [-0.25, -0.2) is 14.3 Å². The quantitative estimate of drug-likeness (QED) is 0.273. The summed E-state index contributed by atoms with van der Waals surface area (Å²) < 4.78 is 19.7. The highest BCUT2D eigenvalue weighted by molar-refractivity contribution is 6.61. The van der Waals surface area contributed by atoms with Crippen LogP contribution in [0.5, 0.6) is 0 Å². The molecule has 9 nitrogen and oxygen atoms in total. The van der Waals surface area contributed by atoms with Crippen LogP contribution in [0.1, 0.15) is 24.0 Å². The Balaban J connectivity index is 0.000000285. The Hall–Kier alpha value is -3.66. The molecule has 0 radical (unpaired) electrons. The highest BCUT2D eigenvalue weighted by Crippen LogP contribution is 2.03. The Morgan fingerprint density at radius 3 is 1.87 bits per heavy atom. The zero-order valence-electron chi connectivity index (χ0n) is 22.1. The average Bonchev–Trinajstić information content (AvgIpc) is 3.74. The smallest absolute Gasteiger partial charge is 0.511 e. The van der Waals surface area contributed by atoms with E-state index in [-0.39, 0.29) is 25.1 Å². The molecule has 3 heterocycles. The Labute approximate surface area is 240 Å². The van der Waals surface area contributed by atoms with Gasteiger partial charge < -0.3 is 31.2 Å². The molecule has 0 unspecified atom stereocenters. The van der Waals surface area contributed by atoms with Gasteiger partial charge in [-0.15, -0.1) is 4.57 Å². The van der Waals surface area contributed by atoms with Crippen molar-refractivity contribution in [2.45, 2.75) is 26.1 Å². The van der Waals surface area contributed by atoms with Crippen LogP contribution in [0.2, 0.25) is 0 Å². The Bertz CT molecular complexity index is 1160. The number of halogens is 2. The van der Waals surface area contributed by atoms with Gasteiger partial charge in [0.2, 0.25) is 0 Å². The molecular formula is C28H34Cl2N4O5. The van der Waals surface area contributed by atoms with Crippen LogP contribution in [-0.4, -0.2) is 38.9 Å². The van der Waals surface area contributed by atoms with E-state index in [1.807, 2.05) is 85.5 Å². The zero-order valence-corrected chi connectivity index (χ0v) is 23.6. The van der Waals surface area contributed by atoms with Gasteiger partial charge in [0, 0.05) is 44.3 Å². The maximum atomic E-state index is 11.6.